The molecule has 1 aliphatic heterocycles. The minimum absolute atomic E-state index is 0.0932. The number of nitrogens with zero attached hydrogens (tertiary/aromatic N) is 3. The number of aliphatic hydroxyl groups is 1. The molecule has 1 saturated heterocycles. The molecule has 3 N–H and O–H groups in total. The highest BCUT2D eigenvalue weighted by atomic mass is 16.5. The van der Waals surface area contributed by atoms with Gasteiger partial charge in [-0.2, -0.15) is 0 Å². The van der Waals surface area contributed by atoms with E-state index in [4.69, 9.17) is 15.6 Å². The summed E-state index contributed by atoms with van der Waals surface area (Å²) in [7, 11) is 0. The fourth-order valence-corrected chi connectivity index (χ4v) is 1.91. The molecule has 0 saturated carbocycles. The molecule has 0 spiro atoms. The van der Waals surface area contributed by atoms with Crippen molar-refractivity contribution in [1.82, 2.24) is 9.80 Å². The van der Waals surface area contributed by atoms with Gasteiger partial charge in [0.25, 0.3) is 0 Å². The minimum atomic E-state index is 0.0932. The average Bonchev–Trinajstić information content (AvgIpc) is 2.34. The molecule has 0 atom stereocenters. The van der Waals surface area contributed by atoms with Crippen LogP contribution in [0.25, 0.3) is 0 Å². The number of hydrogen-bond donors (Lipinski definition) is 2. The smallest absolute Gasteiger partial charge is 0.191 e. The number of rotatable bonds is 6. The third kappa shape index (κ3) is 5.66. The van der Waals surface area contributed by atoms with Gasteiger partial charge in [-0.25, -0.2) is 0 Å². The summed E-state index contributed by atoms with van der Waals surface area (Å²) in [5.74, 6) is 0.654. The standard InChI is InChI=1S/C12H26N4O2/c1-11(2)14-12(13)16-5-3-15(4-6-16)7-9-18-10-8-17/h11,17H,3-10H2,1-2H3,(H2,13,14). The fourth-order valence-electron chi connectivity index (χ4n) is 1.91. The second kappa shape index (κ2) is 8.29. The predicted octanol–water partition coefficient (Wildman–Crippen LogP) is -0.664. The minimum Gasteiger partial charge on any atom is -0.394 e. The summed E-state index contributed by atoms with van der Waals surface area (Å²) >= 11 is 0. The van der Waals surface area contributed by atoms with Crippen LogP contribution in [0.5, 0.6) is 0 Å². The molecule has 6 nitrogen and oxygen atoms in total. The van der Waals surface area contributed by atoms with Crippen LogP contribution in [0, 0.1) is 0 Å². The van der Waals surface area contributed by atoms with Gasteiger partial charge in [-0.3, -0.25) is 9.89 Å². The number of aliphatic hydroxyl groups excluding tert-OH is 1. The molecule has 1 fully saturated rings. The normalized spacial score (nSPS) is 18.7. The van der Waals surface area contributed by atoms with Crippen LogP contribution in [0.1, 0.15) is 13.8 Å². The van der Waals surface area contributed by atoms with Crippen molar-refractivity contribution in [1.29, 1.82) is 0 Å². The number of nitrogens with two attached hydrogens (primary N) is 1. The van der Waals surface area contributed by atoms with Gasteiger partial charge in [0.1, 0.15) is 0 Å². The van der Waals surface area contributed by atoms with Gasteiger partial charge in [0.2, 0.25) is 0 Å². The van der Waals surface area contributed by atoms with E-state index < -0.39 is 0 Å². The Morgan fingerprint density at radius 3 is 2.50 bits per heavy atom. The van der Waals surface area contributed by atoms with E-state index in [-0.39, 0.29) is 12.6 Å². The van der Waals surface area contributed by atoms with Crippen LogP contribution in [0.4, 0.5) is 0 Å². The number of ether oxygens (including phenoxy) is 1. The van der Waals surface area contributed by atoms with Gasteiger partial charge in [0.15, 0.2) is 5.96 Å². The molecule has 0 aliphatic carbocycles. The molecule has 0 aromatic rings. The average molecular weight is 258 g/mol. The van der Waals surface area contributed by atoms with E-state index >= 15 is 0 Å². The quantitative estimate of drug-likeness (QED) is 0.376. The fraction of sp³-hybridized carbons (Fsp3) is 0.917. The van der Waals surface area contributed by atoms with Crippen LogP contribution < -0.4 is 5.73 Å². The molecule has 6 heteroatoms. The lowest BCUT2D eigenvalue weighted by Crippen LogP contribution is -2.51. The Kier molecular flexibility index (Phi) is 7.00. The first-order valence-corrected chi connectivity index (χ1v) is 6.62. The first-order chi connectivity index (χ1) is 8.63. The summed E-state index contributed by atoms with van der Waals surface area (Å²) in [5, 5.41) is 8.60. The lowest BCUT2D eigenvalue weighted by Gasteiger charge is -2.35. The molecule has 0 aromatic heterocycles. The van der Waals surface area contributed by atoms with E-state index in [9.17, 15) is 0 Å². The van der Waals surface area contributed by atoms with E-state index in [0.717, 1.165) is 32.7 Å². The van der Waals surface area contributed by atoms with Gasteiger partial charge in [-0.15, -0.1) is 0 Å². The number of guanidine groups is 1. The topological polar surface area (TPSA) is 74.3 Å². The maximum atomic E-state index is 8.60. The predicted molar refractivity (Wildman–Crippen MR) is 72.7 cm³/mol. The summed E-state index contributed by atoms with van der Waals surface area (Å²) in [6.07, 6.45) is 0. The van der Waals surface area contributed by atoms with E-state index in [0.29, 0.717) is 19.2 Å². The van der Waals surface area contributed by atoms with Crippen LogP contribution in [0.15, 0.2) is 4.99 Å². The van der Waals surface area contributed by atoms with Crippen LogP contribution in [0.3, 0.4) is 0 Å². The molecule has 0 unspecified atom stereocenters. The molecule has 0 aromatic carbocycles. The molecule has 0 radical (unpaired) electrons. The second-order valence-electron chi connectivity index (χ2n) is 4.75. The summed E-state index contributed by atoms with van der Waals surface area (Å²) in [6.45, 7) is 9.97. The van der Waals surface area contributed by atoms with E-state index in [1.807, 2.05) is 13.8 Å². The van der Waals surface area contributed by atoms with Crippen LogP contribution in [0.2, 0.25) is 0 Å². The summed E-state index contributed by atoms with van der Waals surface area (Å²) in [4.78, 5) is 8.84. The van der Waals surface area contributed by atoms with Gasteiger partial charge in [0, 0.05) is 38.8 Å². The molecule has 0 bridgehead atoms. The maximum Gasteiger partial charge on any atom is 0.191 e. The van der Waals surface area contributed by atoms with Crippen molar-refractivity contribution in [2.45, 2.75) is 19.9 Å². The molecule has 106 valence electrons. The second-order valence-corrected chi connectivity index (χ2v) is 4.75. The zero-order valence-corrected chi connectivity index (χ0v) is 11.5. The first-order valence-electron chi connectivity index (χ1n) is 6.62. The molecule has 0 amide bonds. The Bertz CT molecular complexity index is 250. The van der Waals surface area contributed by atoms with Crippen molar-refractivity contribution >= 4 is 5.96 Å². The van der Waals surface area contributed by atoms with Gasteiger partial charge < -0.3 is 20.5 Å². The number of piperazine rings is 1. The van der Waals surface area contributed by atoms with E-state index in [2.05, 4.69) is 14.8 Å². The Hall–Kier alpha value is -0.850. The largest absolute Gasteiger partial charge is 0.394 e. The Balaban J connectivity index is 2.20. The van der Waals surface area contributed by atoms with Crippen molar-refractivity contribution in [3.05, 3.63) is 0 Å². The lowest BCUT2D eigenvalue weighted by molar-refractivity contribution is 0.0650. The molecule has 18 heavy (non-hydrogen) atoms. The number of aliphatic imine (C=N–C) groups is 1. The highest BCUT2D eigenvalue weighted by Gasteiger charge is 2.17. The zero-order chi connectivity index (χ0) is 13.4. The first kappa shape index (κ1) is 15.2. The summed E-state index contributed by atoms with van der Waals surface area (Å²) in [6, 6.07) is 0.245. The highest BCUT2D eigenvalue weighted by Crippen LogP contribution is 2.02. The maximum absolute atomic E-state index is 8.60. The van der Waals surface area contributed by atoms with Gasteiger partial charge >= 0.3 is 0 Å². The van der Waals surface area contributed by atoms with Crippen LogP contribution >= 0.6 is 0 Å². The van der Waals surface area contributed by atoms with Crippen molar-refractivity contribution in [2.75, 3.05) is 52.5 Å². The van der Waals surface area contributed by atoms with Gasteiger partial charge in [-0.1, -0.05) is 0 Å². The molecule has 1 aliphatic rings. The Morgan fingerprint density at radius 1 is 1.28 bits per heavy atom. The van der Waals surface area contributed by atoms with Crippen molar-refractivity contribution in [3.8, 4) is 0 Å². The molecule has 1 heterocycles. The van der Waals surface area contributed by atoms with Crippen molar-refractivity contribution < 1.29 is 9.84 Å². The third-order valence-electron chi connectivity index (χ3n) is 2.87. The molecule has 1 rings (SSSR count). The molecular weight excluding hydrogens is 232 g/mol. The van der Waals surface area contributed by atoms with Gasteiger partial charge in [0.05, 0.1) is 19.8 Å². The summed E-state index contributed by atoms with van der Waals surface area (Å²) < 4.78 is 5.26. The van der Waals surface area contributed by atoms with Crippen LogP contribution in [-0.2, 0) is 4.74 Å². The monoisotopic (exact) mass is 258 g/mol. The van der Waals surface area contributed by atoms with Crippen molar-refractivity contribution in [2.24, 2.45) is 10.7 Å². The van der Waals surface area contributed by atoms with Gasteiger partial charge in [-0.05, 0) is 13.8 Å². The molecular formula is C12H26N4O2. The lowest BCUT2D eigenvalue weighted by atomic mass is 10.3. The SMILES string of the molecule is CC(C)N=C(N)N1CCN(CCOCCO)CC1. The summed E-state index contributed by atoms with van der Waals surface area (Å²) in [5.41, 5.74) is 5.94. The highest BCUT2D eigenvalue weighted by molar-refractivity contribution is 5.78. The Labute approximate surface area is 109 Å². The number of hydrogen-bond acceptors (Lipinski definition) is 4. The van der Waals surface area contributed by atoms with Crippen molar-refractivity contribution in [3.63, 3.8) is 0 Å². The van der Waals surface area contributed by atoms with E-state index in [1.54, 1.807) is 0 Å². The zero-order valence-electron chi connectivity index (χ0n) is 11.5. The Morgan fingerprint density at radius 2 is 1.94 bits per heavy atom. The third-order valence-corrected chi connectivity index (χ3v) is 2.87. The van der Waals surface area contributed by atoms with E-state index in [1.165, 1.54) is 0 Å². The van der Waals surface area contributed by atoms with Crippen LogP contribution in [-0.4, -0.2) is 79.5 Å².